The first kappa shape index (κ1) is 12.2. The van der Waals surface area contributed by atoms with Crippen molar-refractivity contribution in [1.82, 2.24) is 9.80 Å². The molecule has 1 aromatic carbocycles. The molecular weight excluding hydrogens is 224 g/mol. The van der Waals surface area contributed by atoms with E-state index in [0.717, 1.165) is 26.2 Å². The maximum atomic E-state index is 5.98. The molecule has 0 amide bonds. The smallest absolute Gasteiger partial charge is 0.0755 e. The summed E-state index contributed by atoms with van der Waals surface area (Å²) in [6.07, 6.45) is 0.443. The summed E-state index contributed by atoms with van der Waals surface area (Å²) in [6.45, 7) is 6.46. The number of benzene rings is 1. The minimum Gasteiger partial charge on any atom is -0.375 e. The van der Waals surface area contributed by atoms with E-state index >= 15 is 0 Å². The first-order valence-corrected chi connectivity index (χ1v) is 6.88. The summed E-state index contributed by atoms with van der Waals surface area (Å²) in [7, 11) is 2.20. The van der Waals surface area contributed by atoms with Crippen LogP contribution in [0, 0.1) is 5.92 Å². The highest BCUT2D eigenvalue weighted by Gasteiger charge is 2.35. The fourth-order valence-electron chi connectivity index (χ4n) is 3.11. The summed E-state index contributed by atoms with van der Waals surface area (Å²) in [4.78, 5) is 4.93. The Morgan fingerprint density at radius 1 is 1.17 bits per heavy atom. The number of hydrogen-bond acceptors (Lipinski definition) is 3. The Bertz CT molecular complexity index is 381. The highest BCUT2D eigenvalue weighted by Crippen LogP contribution is 2.24. The fourth-order valence-corrected chi connectivity index (χ4v) is 3.11. The van der Waals surface area contributed by atoms with Crippen molar-refractivity contribution in [1.29, 1.82) is 0 Å². The quantitative estimate of drug-likeness (QED) is 0.785. The molecule has 0 radical (unpaired) electrons. The molecule has 18 heavy (non-hydrogen) atoms. The lowest BCUT2D eigenvalue weighted by Crippen LogP contribution is -2.29. The number of ether oxygens (including phenoxy) is 1. The molecule has 0 aromatic heterocycles. The van der Waals surface area contributed by atoms with Crippen molar-refractivity contribution in [3.8, 4) is 0 Å². The molecule has 2 saturated heterocycles. The Morgan fingerprint density at radius 3 is 2.83 bits per heavy atom. The van der Waals surface area contributed by atoms with E-state index in [0.29, 0.717) is 12.0 Å². The van der Waals surface area contributed by atoms with Crippen molar-refractivity contribution in [3.05, 3.63) is 35.9 Å². The topological polar surface area (TPSA) is 15.7 Å². The van der Waals surface area contributed by atoms with Gasteiger partial charge < -0.3 is 9.64 Å². The van der Waals surface area contributed by atoms with Crippen molar-refractivity contribution in [2.75, 3.05) is 39.8 Å². The van der Waals surface area contributed by atoms with Gasteiger partial charge in [0.1, 0.15) is 0 Å². The summed E-state index contributed by atoms with van der Waals surface area (Å²) in [6, 6.07) is 10.7. The standard InChI is InChI=1S/C15H22N2O/c1-16-7-8-18-15-12-17(11-14(15)10-16)9-13-5-3-2-4-6-13/h2-6,14-15H,7-12H2,1H3/t14-,15+/m1/s1. The van der Waals surface area contributed by atoms with Crippen LogP contribution >= 0.6 is 0 Å². The zero-order valence-corrected chi connectivity index (χ0v) is 11.1. The van der Waals surface area contributed by atoms with Gasteiger partial charge in [-0.05, 0) is 12.6 Å². The lowest BCUT2D eigenvalue weighted by atomic mass is 10.1. The highest BCUT2D eigenvalue weighted by atomic mass is 16.5. The lowest BCUT2D eigenvalue weighted by molar-refractivity contribution is 0.0514. The van der Waals surface area contributed by atoms with Crippen LogP contribution in [0.3, 0.4) is 0 Å². The predicted octanol–water partition coefficient (Wildman–Crippen LogP) is 1.45. The third-order valence-corrected chi connectivity index (χ3v) is 4.06. The van der Waals surface area contributed by atoms with E-state index in [1.165, 1.54) is 18.7 Å². The molecule has 0 bridgehead atoms. The third kappa shape index (κ3) is 2.74. The van der Waals surface area contributed by atoms with Gasteiger partial charge in [0.15, 0.2) is 0 Å². The van der Waals surface area contributed by atoms with E-state index in [4.69, 9.17) is 4.74 Å². The SMILES string of the molecule is CN1CCO[C@H]2CN(Cc3ccccc3)C[C@H]2C1. The second-order valence-corrected chi connectivity index (χ2v) is 5.61. The highest BCUT2D eigenvalue weighted by molar-refractivity contribution is 5.14. The molecular formula is C15H22N2O. The monoisotopic (exact) mass is 246 g/mol. The Kier molecular flexibility index (Phi) is 3.64. The average molecular weight is 246 g/mol. The van der Waals surface area contributed by atoms with Crippen LogP contribution in [0.15, 0.2) is 30.3 Å². The largest absolute Gasteiger partial charge is 0.375 e. The molecule has 0 N–H and O–H groups in total. The van der Waals surface area contributed by atoms with Gasteiger partial charge in [0.2, 0.25) is 0 Å². The molecule has 2 atom stereocenters. The third-order valence-electron chi connectivity index (χ3n) is 4.06. The molecule has 0 unspecified atom stereocenters. The van der Waals surface area contributed by atoms with Crippen LogP contribution in [0.2, 0.25) is 0 Å². The second-order valence-electron chi connectivity index (χ2n) is 5.61. The Labute approximate surface area is 109 Å². The van der Waals surface area contributed by atoms with Crippen LogP contribution in [0.25, 0.3) is 0 Å². The van der Waals surface area contributed by atoms with Crippen molar-refractivity contribution in [2.24, 2.45) is 5.92 Å². The molecule has 3 nitrogen and oxygen atoms in total. The lowest BCUT2D eigenvalue weighted by Gasteiger charge is -2.19. The molecule has 1 aromatic rings. The molecule has 3 rings (SSSR count). The van der Waals surface area contributed by atoms with Gasteiger partial charge >= 0.3 is 0 Å². The van der Waals surface area contributed by atoms with Gasteiger partial charge in [-0.15, -0.1) is 0 Å². The first-order chi connectivity index (χ1) is 8.81. The predicted molar refractivity (Wildman–Crippen MR) is 72.4 cm³/mol. The minimum atomic E-state index is 0.443. The van der Waals surface area contributed by atoms with Crippen molar-refractivity contribution in [2.45, 2.75) is 12.6 Å². The summed E-state index contributed by atoms with van der Waals surface area (Å²) in [5.74, 6) is 0.682. The molecule has 2 fully saturated rings. The molecule has 0 aliphatic carbocycles. The zero-order valence-electron chi connectivity index (χ0n) is 11.1. The molecule has 2 heterocycles. The number of likely N-dealkylation sites (N-methyl/N-ethyl adjacent to an activating group) is 1. The van der Waals surface area contributed by atoms with E-state index in [2.05, 4.69) is 47.2 Å². The number of rotatable bonds is 2. The van der Waals surface area contributed by atoms with E-state index in [1.807, 2.05) is 0 Å². The van der Waals surface area contributed by atoms with Crippen LogP contribution in [0.1, 0.15) is 5.56 Å². The van der Waals surface area contributed by atoms with Crippen molar-refractivity contribution < 1.29 is 4.74 Å². The zero-order chi connectivity index (χ0) is 12.4. The molecule has 0 spiro atoms. The second kappa shape index (κ2) is 5.39. The molecule has 0 saturated carbocycles. The van der Waals surface area contributed by atoms with Gasteiger partial charge in [0, 0.05) is 38.6 Å². The Hall–Kier alpha value is -0.900. The van der Waals surface area contributed by atoms with Crippen molar-refractivity contribution in [3.63, 3.8) is 0 Å². The molecule has 2 aliphatic rings. The molecule has 98 valence electrons. The van der Waals surface area contributed by atoms with Crippen LogP contribution < -0.4 is 0 Å². The first-order valence-electron chi connectivity index (χ1n) is 6.88. The van der Waals surface area contributed by atoms with Crippen LogP contribution in [0.5, 0.6) is 0 Å². The normalized spacial score (nSPS) is 30.1. The Morgan fingerprint density at radius 2 is 2.00 bits per heavy atom. The van der Waals surface area contributed by atoms with Crippen LogP contribution in [-0.4, -0.2) is 55.7 Å². The van der Waals surface area contributed by atoms with Gasteiger partial charge in [-0.2, -0.15) is 0 Å². The summed E-state index contributed by atoms with van der Waals surface area (Å²) < 4.78 is 5.98. The van der Waals surface area contributed by atoms with Gasteiger partial charge in [-0.25, -0.2) is 0 Å². The van der Waals surface area contributed by atoms with Gasteiger partial charge in [0.25, 0.3) is 0 Å². The summed E-state index contributed by atoms with van der Waals surface area (Å²) >= 11 is 0. The Balaban J connectivity index is 1.61. The van der Waals surface area contributed by atoms with Gasteiger partial charge in [0.05, 0.1) is 12.7 Å². The number of hydrogen-bond donors (Lipinski definition) is 0. The summed E-state index contributed by atoms with van der Waals surface area (Å²) in [5.41, 5.74) is 1.40. The number of nitrogens with zero attached hydrogens (tertiary/aromatic N) is 2. The molecule has 3 heteroatoms. The van der Waals surface area contributed by atoms with Gasteiger partial charge in [-0.1, -0.05) is 30.3 Å². The summed E-state index contributed by atoms with van der Waals surface area (Å²) in [5, 5.41) is 0. The van der Waals surface area contributed by atoms with E-state index in [-0.39, 0.29) is 0 Å². The minimum absolute atomic E-state index is 0.443. The van der Waals surface area contributed by atoms with Crippen LogP contribution in [-0.2, 0) is 11.3 Å². The van der Waals surface area contributed by atoms with E-state index < -0.39 is 0 Å². The maximum absolute atomic E-state index is 5.98. The van der Waals surface area contributed by atoms with Crippen LogP contribution in [0.4, 0.5) is 0 Å². The van der Waals surface area contributed by atoms with Gasteiger partial charge in [-0.3, -0.25) is 4.90 Å². The number of fused-ring (bicyclic) bond motifs is 1. The maximum Gasteiger partial charge on any atom is 0.0755 e. The molecule has 2 aliphatic heterocycles. The number of likely N-dealkylation sites (tertiary alicyclic amines) is 1. The van der Waals surface area contributed by atoms with E-state index in [1.54, 1.807) is 0 Å². The fraction of sp³-hybridized carbons (Fsp3) is 0.600. The average Bonchev–Trinajstić information content (AvgIpc) is 2.64. The van der Waals surface area contributed by atoms with E-state index in [9.17, 15) is 0 Å². The van der Waals surface area contributed by atoms with Crippen molar-refractivity contribution >= 4 is 0 Å².